The van der Waals surface area contributed by atoms with Crippen LogP contribution in [-0.2, 0) is 36.8 Å². The molecule has 2 nitrogen and oxygen atoms in total. The van der Waals surface area contributed by atoms with Crippen LogP contribution in [0.5, 0.6) is 5.75 Å². The lowest BCUT2D eigenvalue weighted by molar-refractivity contribution is -0.275. The quantitative estimate of drug-likeness (QED) is 0.134. The zero-order valence-corrected chi connectivity index (χ0v) is 21.7. The number of halogens is 7. The van der Waals surface area contributed by atoms with Crippen molar-refractivity contribution in [3.63, 3.8) is 0 Å². The highest BCUT2D eigenvalue weighted by Gasteiger charge is 2.32. The topological polar surface area (TPSA) is 18.5 Å². The predicted octanol–water partition coefficient (Wildman–Crippen LogP) is 8.44. The Kier molecular flexibility index (Phi) is 9.35. The number of aryl methyl sites for hydroxylation is 4. The Labute approximate surface area is 227 Å². The van der Waals surface area contributed by atoms with E-state index in [4.69, 9.17) is 4.74 Å². The molecule has 0 aliphatic carbocycles. The molecule has 0 unspecified atom stereocenters. The van der Waals surface area contributed by atoms with Crippen LogP contribution in [0.15, 0.2) is 60.7 Å². The molecule has 0 radical (unpaired) electrons. The summed E-state index contributed by atoms with van der Waals surface area (Å²) in [7, 11) is 1.57. The third-order valence-corrected chi connectivity index (χ3v) is 6.68. The van der Waals surface area contributed by atoms with Crippen LogP contribution in [0.3, 0.4) is 0 Å². The first kappa shape index (κ1) is 29.4. The monoisotopic (exact) mass is 564 g/mol. The Bertz CT molecular complexity index is 1460. The van der Waals surface area contributed by atoms with Crippen molar-refractivity contribution in [2.24, 2.45) is 0 Å². The van der Waals surface area contributed by atoms with Crippen LogP contribution in [0.4, 0.5) is 30.7 Å². The first-order valence-corrected chi connectivity index (χ1v) is 12.7. The highest BCUT2D eigenvalue weighted by atomic mass is 19.4. The minimum atomic E-state index is -5.00. The third-order valence-electron chi connectivity index (χ3n) is 6.68. The SMILES string of the molecule is COCCCc1cc(F)c(CCc2ccc3c(F)c(CCc4ccc(OC(F)(F)F)c(F)c4)ccc3c2)c(F)c1. The van der Waals surface area contributed by atoms with Crippen LogP contribution in [0.25, 0.3) is 10.8 Å². The third kappa shape index (κ3) is 7.53. The van der Waals surface area contributed by atoms with Gasteiger partial charge in [-0.25, -0.2) is 17.6 Å². The van der Waals surface area contributed by atoms with Gasteiger partial charge in [0.05, 0.1) is 0 Å². The van der Waals surface area contributed by atoms with Crippen LogP contribution in [0.2, 0.25) is 0 Å². The zero-order chi connectivity index (χ0) is 28.9. The summed E-state index contributed by atoms with van der Waals surface area (Å²) >= 11 is 0. The average Bonchev–Trinajstić information content (AvgIpc) is 2.89. The summed E-state index contributed by atoms with van der Waals surface area (Å²) in [5.41, 5.74) is 2.13. The van der Waals surface area contributed by atoms with E-state index in [-0.39, 0.29) is 24.8 Å². The Balaban J connectivity index is 1.41. The molecule has 4 aromatic rings. The van der Waals surface area contributed by atoms with E-state index in [1.54, 1.807) is 37.4 Å². The Morgan fingerprint density at radius 1 is 0.650 bits per heavy atom. The van der Waals surface area contributed by atoms with Crippen molar-refractivity contribution in [3.05, 3.63) is 112 Å². The molecule has 0 atom stereocenters. The second-order valence-corrected chi connectivity index (χ2v) is 9.54. The summed E-state index contributed by atoms with van der Waals surface area (Å²) in [6.45, 7) is 0.507. The van der Waals surface area contributed by atoms with E-state index in [1.807, 2.05) is 0 Å². The summed E-state index contributed by atoms with van der Waals surface area (Å²) in [5, 5.41) is 0.979. The van der Waals surface area contributed by atoms with Crippen molar-refractivity contribution in [3.8, 4) is 5.75 Å². The molecule has 0 heterocycles. The largest absolute Gasteiger partial charge is 0.573 e. The summed E-state index contributed by atoms with van der Waals surface area (Å²) in [5.74, 6) is -3.72. The molecule has 0 spiro atoms. The lowest BCUT2D eigenvalue weighted by Gasteiger charge is -2.12. The van der Waals surface area contributed by atoms with E-state index < -0.39 is 35.4 Å². The fourth-order valence-corrected chi connectivity index (χ4v) is 4.65. The van der Waals surface area contributed by atoms with Gasteiger partial charge in [-0.1, -0.05) is 36.4 Å². The Morgan fingerprint density at radius 2 is 1.30 bits per heavy atom. The summed E-state index contributed by atoms with van der Waals surface area (Å²) in [6.07, 6.45) is -2.93. The van der Waals surface area contributed by atoms with E-state index >= 15 is 4.39 Å². The van der Waals surface area contributed by atoms with Crippen molar-refractivity contribution >= 4 is 10.8 Å². The van der Waals surface area contributed by atoms with Crippen LogP contribution >= 0.6 is 0 Å². The van der Waals surface area contributed by atoms with Gasteiger partial charge < -0.3 is 9.47 Å². The highest BCUT2D eigenvalue weighted by molar-refractivity contribution is 5.84. The fraction of sp³-hybridized carbons (Fsp3) is 0.290. The van der Waals surface area contributed by atoms with Gasteiger partial charge in [0.2, 0.25) is 0 Å². The van der Waals surface area contributed by atoms with Crippen LogP contribution in [0, 0.1) is 23.3 Å². The number of ether oxygens (including phenoxy) is 2. The standard InChI is InChI=1S/C31H27F7O2/c1-39-14-2-3-21-17-26(32)25(27(33)18-21)12-6-19-5-11-24-23(15-19)10-9-22(30(24)35)8-4-20-7-13-29(28(34)16-20)40-31(36,37)38/h5,7,9-11,13,15-18H,2-4,6,8,12,14H2,1H3. The molecule has 0 aliphatic rings. The van der Waals surface area contributed by atoms with Gasteiger partial charge in [-0.05, 0) is 90.4 Å². The Morgan fingerprint density at radius 3 is 1.98 bits per heavy atom. The highest BCUT2D eigenvalue weighted by Crippen LogP contribution is 2.28. The van der Waals surface area contributed by atoms with Crippen molar-refractivity contribution in [2.75, 3.05) is 13.7 Å². The number of hydrogen-bond acceptors (Lipinski definition) is 2. The Hall–Kier alpha value is -3.59. The molecule has 4 rings (SSSR count). The molecule has 0 saturated heterocycles. The zero-order valence-electron chi connectivity index (χ0n) is 21.7. The van der Waals surface area contributed by atoms with Crippen LogP contribution in [0.1, 0.15) is 34.2 Å². The van der Waals surface area contributed by atoms with E-state index in [9.17, 15) is 26.3 Å². The molecule has 40 heavy (non-hydrogen) atoms. The number of hydrogen-bond donors (Lipinski definition) is 0. The minimum Gasteiger partial charge on any atom is -0.403 e. The van der Waals surface area contributed by atoms with Gasteiger partial charge in [0.1, 0.15) is 17.5 Å². The van der Waals surface area contributed by atoms with Gasteiger partial charge in [-0.3, -0.25) is 0 Å². The molecule has 0 fully saturated rings. The first-order chi connectivity index (χ1) is 19.0. The molecule has 212 valence electrons. The molecule has 0 saturated carbocycles. The number of fused-ring (bicyclic) bond motifs is 1. The van der Waals surface area contributed by atoms with Crippen molar-refractivity contribution in [2.45, 2.75) is 44.9 Å². The number of benzene rings is 4. The maximum Gasteiger partial charge on any atom is 0.573 e. The predicted molar refractivity (Wildman–Crippen MR) is 138 cm³/mol. The average molecular weight is 565 g/mol. The van der Waals surface area contributed by atoms with E-state index in [0.29, 0.717) is 53.3 Å². The second kappa shape index (κ2) is 12.7. The fourth-order valence-electron chi connectivity index (χ4n) is 4.65. The van der Waals surface area contributed by atoms with Gasteiger partial charge in [-0.15, -0.1) is 13.2 Å². The van der Waals surface area contributed by atoms with Gasteiger partial charge in [-0.2, -0.15) is 0 Å². The van der Waals surface area contributed by atoms with Gasteiger partial charge in [0.25, 0.3) is 0 Å². The normalized spacial score (nSPS) is 11.8. The molecular weight excluding hydrogens is 537 g/mol. The second-order valence-electron chi connectivity index (χ2n) is 9.54. The van der Waals surface area contributed by atoms with Crippen molar-refractivity contribution in [1.82, 2.24) is 0 Å². The molecule has 4 aromatic carbocycles. The first-order valence-electron chi connectivity index (χ1n) is 12.7. The van der Waals surface area contributed by atoms with E-state index in [2.05, 4.69) is 4.74 Å². The van der Waals surface area contributed by atoms with E-state index in [0.717, 1.165) is 17.7 Å². The van der Waals surface area contributed by atoms with Crippen LogP contribution in [-0.4, -0.2) is 20.1 Å². The van der Waals surface area contributed by atoms with Gasteiger partial charge in [0, 0.05) is 24.7 Å². The molecule has 0 aromatic heterocycles. The number of alkyl halides is 3. The minimum absolute atomic E-state index is 0.00607. The van der Waals surface area contributed by atoms with Gasteiger partial charge in [0.15, 0.2) is 11.6 Å². The maximum atomic E-state index is 15.2. The number of methoxy groups -OCH3 is 1. The molecule has 0 amide bonds. The van der Waals surface area contributed by atoms with Crippen molar-refractivity contribution in [1.29, 1.82) is 0 Å². The molecule has 0 N–H and O–H groups in total. The summed E-state index contributed by atoms with van der Waals surface area (Å²) in [6, 6.07) is 14.3. The maximum absolute atomic E-state index is 15.2. The summed E-state index contributed by atoms with van der Waals surface area (Å²) < 4.78 is 104. The lowest BCUT2D eigenvalue weighted by Crippen LogP contribution is -2.18. The molecule has 9 heteroatoms. The van der Waals surface area contributed by atoms with Crippen molar-refractivity contribution < 1.29 is 40.2 Å². The van der Waals surface area contributed by atoms with E-state index in [1.165, 1.54) is 18.2 Å². The molecule has 0 bridgehead atoms. The smallest absolute Gasteiger partial charge is 0.403 e. The molecule has 0 aliphatic heterocycles. The molecular formula is C31H27F7O2. The lowest BCUT2D eigenvalue weighted by atomic mass is 9.96. The number of rotatable bonds is 11. The van der Waals surface area contributed by atoms with Crippen LogP contribution < -0.4 is 4.74 Å². The summed E-state index contributed by atoms with van der Waals surface area (Å²) in [4.78, 5) is 0. The van der Waals surface area contributed by atoms with Gasteiger partial charge >= 0.3 is 6.36 Å².